The number of piperazine rings is 1. The largest absolute Gasteiger partial charge is 0.396 e. The number of fused-ring (bicyclic) bond motifs is 1. The second-order valence-corrected chi connectivity index (χ2v) is 8.13. The van der Waals surface area contributed by atoms with E-state index in [-0.39, 0.29) is 29.6 Å². The third-order valence-electron chi connectivity index (χ3n) is 5.96. The van der Waals surface area contributed by atoms with Crippen LogP contribution in [0.25, 0.3) is 11.0 Å². The van der Waals surface area contributed by atoms with Gasteiger partial charge in [-0.05, 0) is 43.3 Å². The second-order valence-electron chi connectivity index (χ2n) is 8.13. The van der Waals surface area contributed by atoms with Gasteiger partial charge in [-0.1, -0.05) is 19.1 Å². The summed E-state index contributed by atoms with van der Waals surface area (Å²) >= 11 is 0. The zero-order valence-electron chi connectivity index (χ0n) is 18.9. The van der Waals surface area contributed by atoms with Crippen molar-refractivity contribution in [2.75, 3.05) is 43.0 Å². The average molecular weight is 472 g/mol. The Morgan fingerprint density at radius 1 is 1.21 bits per heavy atom. The molecule has 3 aromatic rings. The lowest BCUT2D eigenvalue weighted by Crippen LogP contribution is -2.50. The molecule has 0 aliphatic carbocycles. The van der Waals surface area contributed by atoms with Gasteiger partial charge < -0.3 is 14.6 Å². The molecule has 1 aliphatic heterocycles. The molecule has 1 fully saturated rings. The van der Waals surface area contributed by atoms with Gasteiger partial charge in [0.05, 0.1) is 17.6 Å². The van der Waals surface area contributed by atoms with Crippen molar-refractivity contribution in [1.29, 1.82) is 0 Å². The first-order valence-corrected chi connectivity index (χ1v) is 11.2. The highest BCUT2D eigenvalue weighted by molar-refractivity contribution is 6.04. The number of benzene rings is 2. The molecule has 0 radical (unpaired) electrons. The van der Waals surface area contributed by atoms with Crippen molar-refractivity contribution >= 4 is 34.5 Å². The summed E-state index contributed by atoms with van der Waals surface area (Å²) < 4.78 is 27.8. The van der Waals surface area contributed by atoms with Gasteiger partial charge in [0.1, 0.15) is 0 Å². The van der Waals surface area contributed by atoms with Crippen LogP contribution in [0.4, 0.5) is 20.4 Å². The molecule has 0 atom stereocenters. The monoisotopic (exact) mass is 471 g/mol. The summed E-state index contributed by atoms with van der Waals surface area (Å²) in [6, 6.07) is 10.8. The fourth-order valence-corrected chi connectivity index (χ4v) is 4.09. The lowest BCUT2D eigenvalue weighted by Gasteiger charge is -2.33. The lowest BCUT2D eigenvalue weighted by molar-refractivity contribution is -0.121. The first-order valence-electron chi connectivity index (χ1n) is 11.2. The number of anilines is 2. The number of nitrogens with zero attached hydrogens (tertiary/aromatic N) is 4. The van der Waals surface area contributed by atoms with E-state index >= 15 is 0 Å². The van der Waals surface area contributed by atoms with E-state index in [1.54, 1.807) is 15.5 Å². The van der Waals surface area contributed by atoms with Gasteiger partial charge in [-0.2, -0.15) is 0 Å². The maximum absolute atomic E-state index is 13.0. The number of aliphatic hydroxyl groups excluding tert-OH is 1. The fraction of sp³-hybridized carbons (Fsp3) is 0.375. The Kier molecular flexibility index (Phi) is 7.18. The van der Waals surface area contributed by atoms with E-state index in [2.05, 4.69) is 15.2 Å². The van der Waals surface area contributed by atoms with Gasteiger partial charge in [-0.3, -0.25) is 19.8 Å². The molecule has 0 saturated carbocycles. The molecular formula is C24H27F2N5O3. The number of alkyl halides is 2. The van der Waals surface area contributed by atoms with Crippen LogP contribution in [0.2, 0.25) is 0 Å². The molecule has 10 heteroatoms. The van der Waals surface area contributed by atoms with Gasteiger partial charge >= 0.3 is 0 Å². The van der Waals surface area contributed by atoms with Gasteiger partial charge in [-0.25, -0.2) is 13.8 Å². The third kappa shape index (κ3) is 4.92. The predicted octanol–water partition coefficient (Wildman–Crippen LogP) is 3.28. The Balaban J connectivity index is 1.64. The molecule has 2 heterocycles. The van der Waals surface area contributed by atoms with Crippen LogP contribution >= 0.6 is 0 Å². The first-order chi connectivity index (χ1) is 16.4. The van der Waals surface area contributed by atoms with E-state index < -0.39 is 12.3 Å². The van der Waals surface area contributed by atoms with E-state index in [4.69, 9.17) is 0 Å². The van der Waals surface area contributed by atoms with Gasteiger partial charge in [0.25, 0.3) is 12.3 Å². The van der Waals surface area contributed by atoms with Crippen LogP contribution in [0.3, 0.4) is 0 Å². The molecule has 1 saturated heterocycles. The van der Waals surface area contributed by atoms with Crippen molar-refractivity contribution in [3.05, 3.63) is 53.6 Å². The number of halogens is 2. The Morgan fingerprint density at radius 2 is 2.03 bits per heavy atom. The van der Waals surface area contributed by atoms with Crippen LogP contribution in [-0.2, 0) is 11.3 Å². The summed E-state index contributed by atoms with van der Waals surface area (Å²) in [6.07, 6.45) is -2.24. The predicted molar refractivity (Wildman–Crippen MR) is 125 cm³/mol. The van der Waals surface area contributed by atoms with Crippen molar-refractivity contribution in [3.8, 4) is 0 Å². The molecule has 4 rings (SSSR count). The summed E-state index contributed by atoms with van der Waals surface area (Å²) in [6.45, 7) is 4.91. The van der Waals surface area contributed by atoms with E-state index in [0.29, 0.717) is 31.6 Å². The molecule has 8 nitrogen and oxygen atoms in total. The summed E-state index contributed by atoms with van der Waals surface area (Å²) in [5.74, 6) is -0.302. The van der Waals surface area contributed by atoms with E-state index in [9.17, 15) is 23.5 Å². The van der Waals surface area contributed by atoms with Crippen LogP contribution < -0.4 is 10.2 Å². The quantitative estimate of drug-likeness (QED) is 0.526. The van der Waals surface area contributed by atoms with Crippen LogP contribution in [-0.4, -0.2) is 64.2 Å². The highest BCUT2D eigenvalue weighted by atomic mass is 19.3. The summed E-state index contributed by atoms with van der Waals surface area (Å²) in [5.41, 5.74) is 1.89. The number of hydrogen-bond acceptors (Lipinski definition) is 5. The molecule has 0 spiro atoms. The molecule has 2 aromatic carbocycles. The standard InChI is InChI=1S/C24H27F2N5O3/c1-2-29-10-11-30(21(33)15-29)18-7-8-20-19(14-18)27-24(31(20)9-4-12-32)28-23(34)17-6-3-5-16(13-17)22(25)26/h3,5-8,13-14,22,32H,2,4,9-12,15H2,1H3,(H,27,28,34). The maximum Gasteiger partial charge on any atom is 0.263 e. The number of nitrogens with one attached hydrogen (secondary N) is 1. The summed E-state index contributed by atoms with van der Waals surface area (Å²) in [7, 11) is 0. The molecule has 2 amide bonds. The zero-order valence-corrected chi connectivity index (χ0v) is 18.9. The van der Waals surface area contributed by atoms with Gasteiger partial charge in [-0.15, -0.1) is 0 Å². The molecule has 0 unspecified atom stereocenters. The topological polar surface area (TPSA) is 90.7 Å². The number of aromatic nitrogens is 2. The smallest absolute Gasteiger partial charge is 0.263 e. The Bertz CT molecular complexity index is 1200. The highest BCUT2D eigenvalue weighted by Gasteiger charge is 2.25. The minimum Gasteiger partial charge on any atom is -0.396 e. The fourth-order valence-electron chi connectivity index (χ4n) is 4.09. The molecule has 1 aromatic heterocycles. The number of amides is 2. The molecule has 2 N–H and O–H groups in total. The molecule has 34 heavy (non-hydrogen) atoms. The number of likely N-dealkylation sites (N-methyl/N-ethyl adjacent to an activating group) is 1. The average Bonchev–Trinajstić information content (AvgIpc) is 3.18. The third-order valence-corrected chi connectivity index (χ3v) is 5.96. The van der Waals surface area contributed by atoms with Crippen molar-refractivity contribution < 1.29 is 23.5 Å². The normalized spacial score (nSPS) is 14.9. The van der Waals surface area contributed by atoms with Crippen LogP contribution in [0.5, 0.6) is 0 Å². The van der Waals surface area contributed by atoms with Crippen molar-refractivity contribution in [2.24, 2.45) is 0 Å². The SMILES string of the molecule is CCN1CCN(c2ccc3c(c2)nc(NC(=O)c2cccc(C(F)F)c2)n3CCCO)C(=O)C1. The molecule has 1 aliphatic rings. The zero-order chi connectivity index (χ0) is 24.2. The van der Waals surface area contributed by atoms with Crippen molar-refractivity contribution in [1.82, 2.24) is 14.5 Å². The van der Waals surface area contributed by atoms with E-state index in [1.807, 2.05) is 19.1 Å². The van der Waals surface area contributed by atoms with E-state index in [0.717, 1.165) is 30.4 Å². The Morgan fingerprint density at radius 3 is 2.74 bits per heavy atom. The molecular weight excluding hydrogens is 444 g/mol. The molecule has 0 bridgehead atoms. The minimum absolute atomic E-state index is 0.0135. The summed E-state index contributed by atoms with van der Waals surface area (Å²) in [5, 5.41) is 12.0. The molecule has 180 valence electrons. The summed E-state index contributed by atoms with van der Waals surface area (Å²) in [4.78, 5) is 33.8. The number of carbonyl (C=O) groups is 2. The van der Waals surface area contributed by atoms with Crippen LogP contribution in [0, 0.1) is 0 Å². The minimum atomic E-state index is -2.68. The number of aryl methyl sites for hydroxylation is 1. The lowest BCUT2D eigenvalue weighted by atomic mass is 10.1. The maximum atomic E-state index is 13.0. The number of imidazole rings is 1. The van der Waals surface area contributed by atoms with Gasteiger partial charge in [0.2, 0.25) is 11.9 Å². The number of carbonyl (C=O) groups excluding carboxylic acids is 2. The first kappa shape index (κ1) is 23.8. The van der Waals surface area contributed by atoms with Crippen molar-refractivity contribution in [2.45, 2.75) is 26.3 Å². The van der Waals surface area contributed by atoms with Gasteiger partial charge in [0.15, 0.2) is 0 Å². The Labute approximate surface area is 195 Å². The van der Waals surface area contributed by atoms with Crippen LogP contribution in [0.15, 0.2) is 42.5 Å². The second kappa shape index (κ2) is 10.3. The number of rotatable bonds is 8. The van der Waals surface area contributed by atoms with Crippen LogP contribution in [0.1, 0.15) is 35.7 Å². The number of hydrogen-bond donors (Lipinski definition) is 2. The van der Waals surface area contributed by atoms with E-state index in [1.165, 1.54) is 18.2 Å². The highest BCUT2D eigenvalue weighted by Crippen LogP contribution is 2.27. The number of aliphatic hydroxyl groups is 1. The van der Waals surface area contributed by atoms with Gasteiger partial charge in [0, 0.05) is 43.1 Å². The van der Waals surface area contributed by atoms with Crippen molar-refractivity contribution in [3.63, 3.8) is 0 Å². The Hall–Kier alpha value is -3.37.